The predicted octanol–water partition coefficient (Wildman–Crippen LogP) is 2.58. The summed E-state index contributed by atoms with van der Waals surface area (Å²) in [4.78, 5) is 15.8. The zero-order valence-corrected chi connectivity index (χ0v) is 11.9. The van der Waals surface area contributed by atoms with Gasteiger partial charge in [-0.05, 0) is 37.9 Å². The number of benzene rings is 1. The van der Waals surface area contributed by atoms with Crippen LogP contribution in [-0.2, 0) is 0 Å². The van der Waals surface area contributed by atoms with E-state index in [9.17, 15) is 10.1 Å². The molecule has 0 N–H and O–H groups in total. The number of nitrogens with zero attached hydrogens (tertiary/aromatic N) is 3. The molecule has 0 radical (unpaired) electrons. The molecule has 2 aliphatic rings. The molecule has 1 unspecified atom stereocenters. The first-order valence-electron chi connectivity index (χ1n) is 7.39. The van der Waals surface area contributed by atoms with Crippen molar-refractivity contribution in [1.82, 2.24) is 4.90 Å². The maximum absolute atomic E-state index is 11.3. The van der Waals surface area contributed by atoms with E-state index in [1.807, 2.05) is 19.1 Å². The third-order valence-corrected chi connectivity index (χ3v) is 4.51. The molecule has 108 valence electrons. The van der Waals surface area contributed by atoms with Crippen LogP contribution in [0.5, 0.6) is 0 Å². The summed E-state index contributed by atoms with van der Waals surface area (Å²) in [6, 6.07) is 6.13. The van der Waals surface area contributed by atoms with Crippen LogP contribution in [0.25, 0.3) is 0 Å². The van der Waals surface area contributed by atoms with Crippen molar-refractivity contribution in [1.29, 1.82) is 0 Å². The SMILES string of the molecule is Cc1ccc(N2CCN3CCCCC3C2)c([N+](=O)[O-])c1. The molecule has 0 amide bonds. The topological polar surface area (TPSA) is 49.6 Å². The van der Waals surface area contributed by atoms with Crippen molar-refractivity contribution in [3.05, 3.63) is 33.9 Å². The summed E-state index contributed by atoms with van der Waals surface area (Å²) in [5.74, 6) is 0. The van der Waals surface area contributed by atoms with Gasteiger partial charge in [-0.3, -0.25) is 15.0 Å². The van der Waals surface area contributed by atoms with E-state index >= 15 is 0 Å². The maximum atomic E-state index is 11.3. The molecule has 1 atom stereocenters. The Labute approximate surface area is 119 Å². The molecule has 0 aliphatic carbocycles. The van der Waals surface area contributed by atoms with E-state index in [-0.39, 0.29) is 10.6 Å². The van der Waals surface area contributed by atoms with Crippen LogP contribution in [0.2, 0.25) is 0 Å². The third kappa shape index (κ3) is 2.50. The van der Waals surface area contributed by atoms with E-state index in [1.54, 1.807) is 6.07 Å². The van der Waals surface area contributed by atoms with E-state index in [2.05, 4.69) is 9.80 Å². The third-order valence-electron chi connectivity index (χ3n) is 4.51. The Hall–Kier alpha value is -1.62. The molecule has 1 aromatic rings. The van der Waals surface area contributed by atoms with Crippen LogP contribution in [0.4, 0.5) is 11.4 Å². The van der Waals surface area contributed by atoms with Crippen molar-refractivity contribution < 1.29 is 4.92 Å². The van der Waals surface area contributed by atoms with E-state index < -0.39 is 0 Å². The summed E-state index contributed by atoms with van der Waals surface area (Å²) in [5.41, 5.74) is 1.97. The lowest BCUT2D eigenvalue weighted by Crippen LogP contribution is -2.55. The van der Waals surface area contributed by atoms with Gasteiger partial charge in [0.15, 0.2) is 0 Å². The Morgan fingerprint density at radius 1 is 1.25 bits per heavy atom. The monoisotopic (exact) mass is 275 g/mol. The highest BCUT2D eigenvalue weighted by molar-refractivity contribution is 5.64. The Morgan fingerprint density at radius 3 is 2.90 bits per heavy atom. The van der Waals surface area contributed by atoms with Gasteiger partial charge in [-0.2, -0.15) is 0 Å². The highest BCUT2D eigenvalue weighted by Crippen LogP contribution is 2.32. The van der Waals surface area contributed by atoms with Crippen LogP contribution < -0.4 is 4.90 Å². The molecule has 0 aromatic heterocycles. The number of aryl methyl sites for hydroxylation is 1. The second kappa shape index (κ2) is 5.40. The Kier molecular flexibility index (Phi) is 3.61. The normalized spacial score (nSPS) is 23.4. The number of piperazine rings is 1. The number of anilines is 1. The Morgan fingerprint density at radius 2 is 2.10 bits per heavy atom. The molecule has 3 rings (SSSR count). The van der Waals surface area contributed by atoms with Crippen LogP contribution in [0, 0.1) is 17.0 Å². The van der Waals surface area contributed by atoms with Gasteiger partial charge in [-0.25, -0.2) is 0 Å². The van der Waals surface area contributed by atoms with Gasteiger partial charge in [-0.15, -0.1) is 0 Å². The average molecular weight is 275 g/mol. The summed E-state index contributed by atoms with van der Waals surface area (Å²) in [6.45, 7) is 5.92. The molecular formula is C15H21N3O2. The van der Waals surface area contributed by atoms with Gasteiger partial charge in [-0.1, -0.05) is 12.5 Å². The van der Waals surface area contributed by atoms with Crippen LogP contribution in [0.1, 0.15) is 24.8 Å². The van der Waals surface area contributed by atoms with Crippen molar-refractivity contribution in [3.8, 4) is 0 Å². The van der Waals surface area contributed by atoms with Crippen LogP contribution in [0.3, 0.4) is 0 Å². The molecule has 5 nitrogen and oxygen atoms in total. The second-order valence-corrected chi connectivity index (χ2v) is 5.88. The molecule has 2 fully saturated rings. The fraction of sp³-hybridized carbons (Fsp3) is 0.600. The maximum Gasteiger partial charge on any atom is 0.292 e. The van der Waals surface area contributed by atoms with Gasteiger partial charge in [0.2, 0.25) is 0 Å². The van der Waals surface area contributed by atoms with E-state index in [0.717, 1.165) is 30.9 Å². The first-order chi connectivity index (χ1) is 9.65. The number of fused-ring (bicyclic) bond motifs is 1. The van der Waals surface area contributed by atoms with Gasteiger partial charge in [0.05, 0.1) is 4.92 Å². The van der Waals surface area contributed by atoms with Gasteiger partial charge in [0.1, 0.15) is 5.69 Å². The summed E-state index contributed by atoms with van der Waals surface area (Å²) < 4.78 is 0. The van der Waals surface area contributed by atoms with Gasteiger partial charge >= 0.3 is 0 Å². The number of rotatable bonds is 2. The number of nitro benzene ring substituents is 1. The quantitative estimate of drug-likeness (QED) is 0.615. The number of piperidine rings is 1. The largest absolute Gasteiger partial charge is 0.363 e. The molecule has 0 spiro atoms. The van der Waals surface area contributed by atoms with E-state index in [1.165, 1.54) is 25.8 Å². The minimum atomic E-state index is -0.254. The lowest BCUT2D eigenvalue weighted by Gasteiger charge is -2.44. The van der Waals surface area contributed by atoms with Crippen molar-refractivity contribution in [2.24, 2.45) is 0 Å². The zero-order chi connectivity index (χ0) is 14.1. The smallest absolute Gasteiger partial charge is 0.292 e. The van der Waals surface area contributed by atoms with Crippen LogP contribution in [-0.4, -0.2) is 42.0 Å². The molecule has 0 bridgehead atoms. The molecule has 2 saturated heterocycles. The zero-order valence-electron chi connectivity index (χ0n) is 11.9. The molecule has 2 aliphatic heterocycles. The second-order valence-electron chi connectivity index (χ2n) is 5.88. The number of hydrogen-bond acceptors (Lipinski definition) is 4. The lowest BCUT2D eigenvalue weighted by atomic mass is 9.99. The molecule has 2 heterocycles. The standard InChI is InChI=1S/C15H21N3O2/c1-12-5-6-14(15(10-12)18(19)20)17-9-8-16-7-3-2-4-13(16)11-17/h5-6,10,13H,2-4,7-9,11H2,1H3. The molecular weight excluding hydrogens is 254 g/mol. The number of hydrogen-bond donors (Lipinski definition) is 0. The van der Waals surface area contributed by atoms with Crippen LogP contribution >= 0.6 is 0 Å². The highest BCUT2D eigenvalue weighted by Gasteiger charge is 2.31. The van der Waals surface area contributed by atoms with E-state index in [0.29, 0.717) is 6.04 Å². The fourth-order valence-electron chi connectivity index (χ4n) is 3.42. The van der Waals surface area contributed by atoms with E-state index in [4.69, 9.17) is 0 Å². The number of nitro groups is 1. The lowest BCUT2D eigenvalue weighted by molar-refractivity contribution is -0.384. The van der Waals surface area contributed by atoms with Gasteiger partial charge in [0.25, 0.3) is 5.69 Å². The predicted molar refractivity (Wildman–Crippen MR) is 79.3 cm³/mol. The molecule has 1 aromatic carbocycles. The first-order valence-corrected chi connectivity index (χ1v) is 7.39. The Bertz CT molecular complexity index is 518. The van der Waals surface area contributed by atoms with Crippen molar-refractivity contribution in [3.63, 3.8) is 0 Å². The highest BCUT2D eigenvalue weighted by atomic mass is 16.6. The average Bonchev–Trinajstić information content (AvgIpc) is 2.46. The molecule has 0 saturated carbocycles. The molecule has 5 heteroatoms. The van der Waals surface area contributed by atoms with Crippen molar-refractivity contribution in [2.45, 2.75) is 32.2 Å². The van der Waals surface area contributed by atoms with Crippen molar-refractivity contribution in [2.75, 3.05) is 31.1 Å². The Balaban J connectivity index is 1.84. The van der Waals surface area contributed by atoms with Gasteiger partial charge < -0.3 is 4.90 Å². The fourth-order valence-corrected chi connectivity index (χ4v) is 3.42. The summed E-state index contributed by atoms with van der Waals surface area (Å²) in [6.07, 6.45) is 3.79. The molecule has 20 heavy (non-hydrogen) atoms. The minimum absolute atomic E-state index is 0.245. The summed E-state index contributed by atoms with van der Waals surface area (Å²) in [5, 5.41) is 11.3. The minimum Gasteiger partial charge on any atom is -0.363 e. The summed E-state index contributed by atoms with van der Waals surface area (Å²) in [7, 11) is 0. The first kappa shape index (κ1) is 13.4. The van der Waals surface area contributed by atoms with Crippen molar-refractivity contribution >= 4 is 11.4 Å². The summed E-state index contributed by atoms with van der Waals surface area (Å²) >= 11 is 0. The van der Waals surface area contributed by atoms with Gasteiger partial charge in [0, 0.05) is 31.7 Å². The van der Waals surface area contributed by atoms with Crippen LogP contribution in [0.15, 0.2) is 18.2 Å².